The van der Waals surface area contributed by atoms with Crippen molar-refractivity contribution in [2.75, 3.05) is 0 Å². The number of unbranched alkanes of at least 4 members (excludes halogenated alkanes) is 2. The third kappa shape index (κ3) is 7.21. The molecule has 0 aromatic carbocycles. The summed E-state index contributed by atoms with van der Waals surface area (Å²) in [5, 5.41) is 0. The van der Waals surface area contributed by atoms with Crippen LogP contribution in [-0.2, 0) is 0 Å². The molecule has 0 aliphatic carbocycles. The lowest BCUT2D eigenvalue weighted by atomic mass is 10.3. The van der Waals surface area contributed by atoms with Gasteiger partial charge in [0, 0.05) is 12.4 Å². The predicted molar refractivity (Wildman–Crippen MR) is 43.8 cm³/mol. The first-order chi connectivity index (χ1) is 4.91. The number of aromatic nitrogens is 2. The lowest BCUT2D eigenvalue weighted by Crippen LogP contribution is -1.59. The van der Waals surface area contributed by atoms with Crippen molar-refractivity contribution in [3.05, 3.63) is 18.7 Å². The van der Waals surface area contributed by atoms with E-state index < -0.39 is 0 Å². The van der Waals surface area contributed by atoms with Gasteiger partial charge in [-0.25, -0.2) is 4.98 Å². The molecule has 0 aliphatic heterocycles. The molecule has 1 aromatic heterocycles. The predicted octanol–water partition coefficient (Wildman–Crippen LogP) is 2.61. The fourth-order valence-corrected chi connectivity index (χ4v) is 0.569. The molecule has 0 amide bonds. The van der Waals surface area contributed by atoms with Gasteiger partial charge in [-0.2, -0.15) is 0 Å². The van der Waals surface area contributed by atoms with E-state index in [0.29, 0.717) is 0 Å². The summed E-state index contributed by atoms with van der Waals surface area (Å²) in [6, 6.07) is 0. The second-order valence-corrected chi connectivity index (χ2v) is 2.11. The minimum Gasteiger partial charge on any atom is -0.351 e. The number of hydrogen-bond donors (Lipinski definition) is 1. The molecular formula is C8H16N2. The fourth-order valence-electron chi connectivity index (χ4n) is 0.569. The van der Waals surface area contributed by atoms with Crippen LogP contribution >= 0.6 is 0 Å². The molecule has 0 bridgehead atoms. The second-order valence-electron chi connectivity index (χ2n) is 2.11. The van der Waals surface area contributed by atoms with Crippen LogP contribution in [0.2, 0.25) is 0 Å². The van der Waals surface area contributed by atoms with Crippen molar-refractivity contribution < 1.29 is 0 Å². The molecule has 0 atom stereocenters. The first-order valence-corrected chi connectivity index (χ1v) is 3.84. The highest BCUT2D eigenvalue weighted by atomic mass is 14.8. The van der Waals surface area contributed by atoms with Gasteiger partial charge in [-0.1, -0.05) is 33.1 Å². The minimum absolute atomic E-state index is 1.34. The van der Waals surface area contributed by atoms with E-state index in [1.165, 1.54) is 19.3 Å². The number of aromatic amines is 1. The Morgan fingerprint density at radius 3 is 2.10 bits per heavy atom. The molecule has 0 radical (unpaired) electrons. The van der Waals surface area contributed by atoms with Crippen molar-refractivity contribution in [3.63, 3.8) is 0 Å². The van der Waals surface area contributed by atoms with E-state index in [1.54, 1.807) is 18.7 Å². The molecule has 0 saturated heterocycles. The molecule has 10 heavy (non-hydrogen) atoms. The fraction of sp³-hybridized carbons (Fsp3) is 0.625. The summed E-state index contributed by atoms with van der Waals surface area (Å²) in [4.78, 5) is 6.42. The molecular weight excluding hydrogens is 124 g/mol. The normalized spacial score (nSPS) is 8.20. The minimum atomic E-state index is 1.34. The van der Waals surface area contributed by atoms with Gasteiger partial charge >= 0.3 is 0 Å². The molecule has 1 rings (SSSR count). The SMILES string of the molecule is CCCCC.c1c[nH]cn1. The van der Waals surface area contributed by atoms with Gasteiger partial charge in [0.25, 0.3) is 0 Å². The first kappa shape index (κ1) is 9.21. The van der Waals surface area contributed by atoms with Crippen molar-refractivity contribution in [2.24, 2.45) is 0 Å². The molecule has 2 nitrogen and oxygen atoms in total. The number of imidazole rings is 1. The summed E-state index contributed by atoms with van der Waals surface area (Å²) >= 11 is 0. The first-order valence-electron chi connectivity index (χ1n) is 3.84. The molecule has 1 N–H and O–H groups in total. The number of nitrogens with zero attached hydrogens (tertiary/aromatic N) is 1. The van der Waals surface area contributed by atoms with Gasteiger partial charge < -0.3 is 4.98 Å². The summed E-state index contributed by atoms with van der Waals surface area (Å²) in [6.07, 6.45) is 9.16. The van der Waals surface area contributed by atoms with Crippen LogP contribution in [0.15, 0.2) is 18.7 Å². The highest BCUT2D eigenvalue weighted by Crippen LogP contribution is 1.88. The molecule has 1 heterocycles. The maximum Gasteiger partial charge on any atom is 0.0919 e. The molecule has 0 saturated carbocycles. The number of H-pyrrole nitrogens is 1. The molecule has 0 unspecified atom stereocenters. The van der Waals surface area contributed by atoms with Gasteiger partial charge in [-0.15, -0.1) is 0 Å². The average molecular weight is 140 g/mol. The van der Waals surface area contributed by atoms with E-state index in [1.807, 2.05) is 0 Å². The summed E-state index contributed by atoms with van der Waals surface area (Å²) in [7, 11) is 0. The Hall–Kier alpha value is -0.790. The number of hydrogen-bond acceptors (Lipinski definition) is 1. The number of nitrogens with one attached hydrogen (secondary N) is 1. The van der Waals surface area contributed by atoms with Gasteiger partial charge in [0.05, 0.1) is 6.33 Å². The van der Waals surface area contributed by atoms with Gasteiger partial charge in [0.15, 0.2) is 0 Å². The van der Waals surface area contributed by atoms with Gasteiger partial charge in [0.2, 0.25) is 0 Å². The van der Waals surface area contributed by atoms with E-state index in [-0.39, 0.29) is 0 Å². The smallest absolute Gasteiger partial charge is 0.0919 e. The quantitative estimate of drug-likeness (QED) is 0.672. The molecule has 0 fully saturated rings. The van der Waals surface area contributed by atoms with Crippen molar-refractivity contribution in [1.82, 2.24) is 9.97 Å². The van der Waals surface area contributed by atoms with Gasteiger partial charge in [-0.3, -0.25) is 0 Å². The molecule has 2 heteroatoms. The third-order valence-corrected chi connectivity index (χ3v) is 1.11. The van der Waals surface area contributed by atoms with Crippen LogP contribution in [0.5, 0.6) is 0 Å². The summed E-state index contributed by atoms with van der Waals surface area (Å²) in [5.74, 6) is 0. The Morgan fingerprint density at radius 2 is 2.00 bits per heavy atom. The van der Waals surface area contributed by atoms with Crippen LogP contribution in [0.3, 0.4) is 0 Å². The zero-order valence-corrected chi connectivity index (χ0v) is 6.80. The van der Waals surface area contributed by atoms with Crippen LogP contribution in [0, 0.1) is 0 Å². The van der Waals surface area contributed by atoms with E-state index >= 15 is 0 Å². The van der Waals surface area contributed by atoms with E-state index in [4.69, 9.17) is 0 Å². The Labute approximate surface area is 62.7 Å². The Kier molecular flexibility index (Phi) is 7.56. The van der Waals surface area contributed by atoms with Crippen molar-refractivity contribution >= 4 is 0 Å². The molecule has 0 aliphatic rings. The lowest BCUT2D eigenvalue weighted by molar-refractivity contribution is 0.772. The molecule has 0 spiro atoms. The van der Waals surface area contributed by atoms with Crippen LogP contribution in [0.1, 0.15) is 33.1 Å². The van der Waals surface area contributed by atoms with Crippen LogP contribution in [0.4, 0.5) is 0 Å². The van der Waals surface area contributed by atoms with Crippen LogP contribution in [-0.4, -0.2) is 9.97 Å². The van der Waals surface area contributed by atoms with Gasteiger partial charge in [-0.05, 0) is 0 Å². The van der Waals surface area contributed by atoms with E-state index in [9.17, 15) is 0 Å². The Bertz CT molecular complexity index is 93.6. The third-order valence-electron chi connectivity index (χ3n) is 1.11. The topological polar surface area (TPSA) is 28.7 Å². The zero-order valence-electron chi connectivity index (χ0n) is 6.80. The lowest BCUT2D eigenvalue weighted by Gasteiger charge is -1.79. The maximum absolute atomic E-state index is 3.67. The average Bonchev–Trinajstić information content (AvgIpc) is 2.44. The molecule has 58 valence electrons. The Balaban J connectivity index is 0.000000162. The summed E-state index contributed by atoms with van der Waals surface area (Å²) < 4.78 is 0. The van der Waals surface area contributed by atoms with E-state index in [0.717, 1.165) is 0 Å². The highest BCUT2D eigenvalue weighted by Gasteiger charge is 1.68. The van der Waals surface area contributed by atoms with E-state index in [2.05, 4.69) is 23.8 Å². The monoisotopic (exact) mass is 140 g/mol. The maximum atomic E-state index is 3.67. The van der Waals surface area contributed by atoms with Crippen molar-refractivity contribution in [3.8, 4) is 0 Å². The number of rotatable bonds is 2. The summed E-state index contributed by atoms with van der Waals surface area (Å²) in [5.41, 5.74) is 0. The standard InChI is InChI=1S/C5H12.C3H4N2/c1-3-5-4-2;1-2-5-3-4-1/h3-5H2,1-2H3;1-3H,(H,4,5). The summed E-state index contributed by atoms with van der Waals surface area (Å²) in [6.45, 7) is 4.42. The Morgan fingerprint density at radius 1 is 1.30 bits per heavy atom. The van der Waals surface area contributed by atoms with Crippen LogP contribution in [0.25, 0.3) is 0 Å². The van der Waals surface area contributed by atoms with Crippen LogP contribution < -0.4 is 0 Å². The van der Waals surface area contributed by atoms with Crippen molar-refractivity contribution in [1.29, 1.82) is 0 Å². The largest absolute Gasteiger partial charge is 0.351 e. The second kappa shape index (κ2) is 8.21. The molecule has 1 aromatic rings. The zero-order chi connectivity index (χ0) is 7.66. The van der Waals surface area contributed by atoms with Crippen molar-refractivity contribution in [2.45, 2.75) is 33.1 Å². The highest BCUT2D eigenvalue weighted by molar-refractivity contribution is 4.64. The van der Waals surface area contributed by atoms with Gasteiger partial charge in [0.1, 0.15) is 0 Å².